The minimum atomic E-state index is -0.772. The van der Waals surface area contributed by atoms with Gasteiger partial charge in [0.05, 0.1) is 6.04 Å². The number of carbonyl (C=O) groups excluding carboxylic acids is 2. The third-order valence-electron chi connectivity index (χ3n) is 4.22. The minimum absolute atomic E-state index is 0.0398. The molecule has 1 rings (SSSR count). The Labute approximate surface area is 177 Å². The summed E-state index contributed by atoms with van der Waals surface area (Å²) in [6.45, 7) is 4.49. The van der Waals surface area contributed by atoms with Gasteiger partial charge >= 0.3 is 5.97 Å². The molecule has 0 unspecified atom stereocenters. The maximum absolute atomic E-state index is 12.5. The Morgan fingerprint density at radius 3 is 2.59 bits per heavy atom. The lowest BCUT2D eigenvalue weighted by atomic mass is 10.0. The lowest BCUT2D eigenvalue weighted by molar-refractivity contribution is -0.149. The van der Waals surface area contributed by atoms with E-state index in [2.05, 4.69) is 16.0 Å². The fraction of sp³-hybridized carbons (Fsp3) is 0.550. The van der Waals surface area contributed by atoms with Crippen molar-refractivity contribution in [2.75, 3.05) is 13.6 Å². The second-order valence-electron chi connectivity index (χ2n) is 7.19. The zero-order chi connectivity index (χ0) is 21.8. The zero-order valence-corrected chi connectivity index (χ0v) is 18.0. The molecule has 8 nitrogen and oxygen atoms in total. The minimum Gasteiger partial charge on any atom is -0.459 e. The van der Waals surface area contributed by atoms with Gasteiger partial charge in [-0.25, -0.2) is 4.79 Å². The summed E-state index contributed by atoms with van der Waals surface area (Å²) in [5.41, 5.74) is 6.65. The summed E-state index contributed by atoms with van der Waals surface area (Å²) in [6, 6.07) is 5.61. The summed E-state index contributed by atoms with van der Waals surface area (Å²) >= 11 is 6.09. The summed E-state index contributed by atoms with van der Waals surface area (Å²) in [6.07, 6.45) is 1.49. The van der Waals surface area contributed by atoms with Gasteiger partial charge in [-0.3, -0.25) is 10.2 Å². The second-order valence-corrected chi connectivity index (χ2v) is 7.60. The molecule has 1 aromatic rings. The molecule has 0 heterocycles. The maximum Gasteiger partial charge on any atom is 0.328 e. The summed E-state index contributed by atoms with van der Waals surface area (Å²) in [5.74, 6) is -0.514. The van der Waals surface area contributed by atoms with Crippen molar-refractivity contribution in [3.63, 3.8) is 0 Å². The van der Waals surface area contributed by atoms with Crippen molar-refractivity contribution in [3.8, 4) is 0 Å². The quantitative estimate of drug-likeness (QED) is 0.159. The largest absolute Gasteiger partial charge is 0.459 e. The van der Waals surface area contributed by atoms with Crippen LogP contribution in [0.25, 0.3) is 0 Å². The molecule has 1 amide bonds. The molecule has 0 aromatic heterocycles. The number of hydrogen-bond donors (Lipinski definition) is 5. The van der Waals surface area contributed by atoms with E-state index in [1.54, 1.807) is 25.2 Å². The molecule has 0 saturated carbocycles. The number of hydrogen-bond acceptors (Lipinski definition) is 5. The highest BCUT2D eigenvalue weighted by Crippen LogP contribution is 2.16. The molecule has 1 aromatic carbocycles. The van der Waals surface area contributed by atoms with Crippen LogP contribution < -0.4 is 21.7 Å². The Hall–Kier alpha value is -2.32. The number of nitrogens with two attached hydrogens (primary N) is 1. The molecule has 0 bridgehead atoms. The van der Waals surface area contributed by atoms with E-state index in [0.717, 1.165) is 0 Å². The number of halogens is 1. The molecule has 0 aliphatic heterocycles. The SMILES string of the molecule is CNC(=N)NCCC[C@@H](N)C(=O)N[C@@H](CC(C)C)C(=O)OCc1ccccc1Cl. The van der Waals surface area contributed by atoms with E-state index in [9.17, 15) is 9.59 Å². The third-order valence-corrected chi connectivity index (χ3v) is 4.59. The molecule has 6 N–H and O–H groups in total. The van der Waals surface area contributed by atoms with Crippen LogP contribution in [0.4, 0.5) is 0 Å². The first-order valence-corrected chi connectivity index (χ1v) is 10.1. The van der Waals surface area contributed by atoms with Crippen LogP contribution in [-0.2, 0) is 20.9 Å². The van der Waals surface area contributed by atoms with Gasteiger partial charge in [-0.1, -0.05) is 43.6 Å². The van der Waals surface area contributed by atoms with Gasteiger partial charge < -0.3 is 26.4 Å². The molecule has 162 valence electrons. The molecule has 0 spiro atoms. The predicted molar refractivity (Wildman–Crippen MR) is 115 cm³/mol. The number of rotatable bonds is 11. The first-order chi connectivity index (χ1) is 13.7. The summed E-state index contributed by atoms with van der Waals surface area (Å²) < 4.78 is 5.37. The molecule has 0 radical (unpaired) electrons. The number of guanidine groups is 1. The fourth-order valence-corrected chi connectivity index (χ4v) is 2.77. The third kappa shape index (κ3) is 9.62. The van der Waals surface area contributed by atoms with E-state index in [4.69, 9.17) is 27.5 Å². The molecular formula is C20H32ClN5O3. The van der Waals surface area contributed by atoms with Crippen molar-refractivity contribution in [1.29, 1.82) is 5.41 Å². The molecule has 9 heteroatoms. The fourth-order valence-electron chi connectivity index (χ4n) is 2.58. The van der Waals surface area contributed by atoms with Crippen molar-refractivity contribution in [2.45, 2.75) is 51.8 Å². The molecule has 0 aliphatic rings. The van der Waals surface area contributed by atoms with Gasteiger partial charge in [0.25, 0.3) is 0 Å². The Morgan fingerprint density at radius 1 is 1.28 bits per heavy atom. The van der Waals surface area contributed by atoms with E-state index in [1.165, 1.54) is 0 Å². The number of amides is 1. The van der Waals surface area contributed by atoms with Gasteiger partial charge in [-0.15, -0.1) is 0 Å². The maximum atomic E-state index is 12.5. The van der Waals surface area contributed by atoms with Crippen LogP contribution in [0.5, 0.6) is 0 Å². The first kappa shape index (κ1) is 24.7. The van der Waals surface area contributed by atoms with E-state index < -0.39 is 24.0 Å². The number of carbonyl (C=O) groups is 2. The highest BCUT2D eigenvalue weighted by Gasteiger charge is 2.26. The Balaban J connectivity index is 2.55. The zero-order valence-electron chi connectivity index (χ0n) is 17.3. The van der Waals surface area contributed by atoms with Crippen molar-refractivity contribution in [3.05, 3.63) is 34.9 Å². The van der Waals surface area contributed by atoms with Crippen LogP contribution >= 0.6 is 11.6 Å². The normalized spacial score (nSPS) is 12.8. The van der Waals surface area contributed by atoms with E-state index in [0.29, 0.717) is 36.4 Å². The van der Waals surface area contributed by atoms with Crippen LogP contribution in [0.2, 0.25) is 5.02 Å². The number of ether oxygens (including phenoxy) is 1. The van der Waals surface area contributed by atoms with E-state index in [1.807, 2.05) is 19.9 Å². The van der Waals surface area contributed by atoms with Gasteiger partial charge in [0.1, 0.15) is 12.6 Å². The number of benzene rings is 1. The van der Waals surface area contributed by atoms with Crippen molar-refractivity contribution in [2.24, 2.45) is 11.7 Å². The molecule has 0 fully saturated rings. The molecular weight excluding hydrogens is 394 g/mol. The van der Waals surface area contributed by atoms with Crippen molar-refractivity contribution in [1.82, 2.24) is 16.0 Å². The summed E-state index contributed by atoms with van der Waals surface area (Å²) in [5, 5.41) is 16.2. The van der Waals surface area contributed by atoms with Gasteiger partial charge in [-0.2, -0.15) is 0 Å². The van der Waals surface area contributed by atoms with Crippen LogP contribution in [0.1, 0.15) is 38.7 Å². The number of esters is 1. The van der Waals surface area contributed by atoms with Gasteiger partial charge in [0.2, 0.25) is 5.91 Å². The molecule has 2 atom stereocenters. The lowest BCUT2D eigenvalue weighted by Crippen LogP contribution is -2.49. The van der Waals surface area contributed by atoms with Crippen LogP contribution in [0, 0.1) is 11.3 Å². The molecule has 0 saturated heterocycles. The van der Waals surface area contributed by atoms with Gasteiger partial charge in [0.15, 0.2) is 5.96 Å². The van der Waals surface area contributed by atoms with Gasteiger partial charge in [-0.05, 0) is 31.2 Å². The molecule has 29 heavy (non-hydrogen) atoms. The van der Waals surface area contributed by atoms with Crippen molar-refractivity contribution < 1.29 is 14.3 Å². The highest BCUT2D eigenvalue weighted by atomic mass is 35.5. The van der Waals surface area contributed by atoms with Crippen molar-refractivity contribution >= 4 is 29.4 Å². The van der Waals surface area contributed by atoms with E-state index in [-0.39, 0.29) is 18.5 Å². The summed E-state index contributed by atoms with van der Waals surface area (Å²) in [4.78, 5) is 24.9. The Kier molecular flexibility index (Phi) is 11.1. The van der Waals surface area contributed by atoms with E-state index >= 15 is 0 Å². The van der Waals surface area contributed by atoms with Crippen LogP contribution in [0.3, 0.4) is 0 Å². The summed E-state index contributed by atoms with van der Waals surface area (Å²) in [7, 11) is 1.65. The average molecular weight is 426 g/mol. The first-order valence-electron chi connectivity index (χ1n) is 9.70. The number of nitrogens with one attached hydrogen (secondary N) is 4. The van der Waals surface area contributed by atoms with Crippen LogP contribution in [0.15, 0.2) is 24.3 Å². The average Bonchev–Trinajstić information content (AvgIpc) is 2.68. The topological polar surface area (TPSA) is 129 Å². The monoisotopic (exact) mass is 425 g/mol. The smallest absolute Gasteiger partial charge is 0.328 e. The lowest BCUT2D eigenvalue weighted by Gasteiger charge is -2.21. The second kappa shape index (κ2) is 13.0. The highest BCUT2D eigenvalue weighted by molar-refractivity contribution is 6.31. The Morgan fingerprint density at radius 2 is 1.97 bits per heavy atom. The standard InChI is InChI=1S/C20H32ClN5O3/c1-13(2)11-17(19(28)29-12-14-7-4-5-8-15(14)21)26-18(27)16(22)9-6-10-25-20(23)24-3/h4-5,7-8,13,16-17H,6,9-12,22H2,1-3H3,(H,26,27)(H3,23,24,25)/t16-,17+/m1/s1. The molecule has 0 aliphatic carbocycles. The predicted octanol–water partition coefficient (Wildman–Crippen LogP) is 1.77. The van der Waals surface area contributed by atoms with Gasteiger partial charge in [0, 0.05) is 24.2 Å². The van der Waals surface area contributed by atoms with Crippen LogP contribution in [-0.4, -0.2) is 43.5 Å². The Bertz CT molecular complexity index is 684.